The van der Waals surface area contributed by atoms with E-state index in [0.29, 0.717) is 15.9 Å². The number of hydrogen-bond donors (Lipinski definition) is 1. The van der Waals surface area contributed by atoms with E-state index in [1.165, 1.54) is 11.3 Å². The third-order valence-corrected chi connectivity index (χ3v) is 4.50. The predicted molar refractivity (Wildman–Crippen MR) is 97.9 cm³/mol. The van der Waals surface area contributed by atoms with Crippen LogP contribution in [0.2, 0.25) is 5.02 Å². The first-order valence-corrected chi connectivity index (χ1v) is 8.57. The van der Waals surface area contributed by atoms with E-state index in [1.54, 1.807) is 18.2 Å². The van der Waals surface area contributed by atoms with Gasteiger partial charge in [0.25, 0.3) is 5.91 Å². The van der Waals surface area contributed by atoms with Gasteiger partial charge in [-0.25, -0.2) is 4.98 Å². The van der Waals surface area contributed by atoms with E-state index in [9.17, 15) is 4.79 Å². The largest absolute Gasteiger partial charge is 0.484 e. The van der Waals surface area contributed by atoms with Gasteiger partial charge in [-0.1, -0.05) is 41.9 Å². The normalized spacial score (nSPS) is 10.4. The van der Waals surface area contributed by atoms with Crippen molar-refractivity contribution in [2.45, 2.75) is 6.92 Å². The topological polar surface area (TPSA) is 51.2 Å². The van der Waals surface area contributed by atoms with Gasteiger partial charge < -0.3 is 4.74 Å². The number of benzene rings is 2. The van der Waals surface area contributed by atoms with Crippen molar-refractivity contribution in [3.63, 3.8) is 0 Å². The van der Waals surface area contributed by atoms with E-state index in [-0.39, 0.29) is 12.5 Å². The summed E-state index contributed by atoms with van der Waals surface area (Å²) in [6.45, 7) is 1.80. The van der Waals surface area contributed by atoms with Gasteiger partial charge >= 0.3 is 0 Å². The van der Waals surface area contributed by atoms with Gasteiger partial charge in [0.1, 0.15) is 5.75 Å². The molecule has 0 aliphatic rings. The van der Waals surface area contributed by atoms with E-state index < -0.39 is 0 Å². The van der Waals surface area contributed by atoms with E-state index in [1.807, 2.05) is 42.6 Å². The SMILES string of the molecule is Cc1cc(OCC(=O)Nc2nc(-c3ccccc3)cs2)ccc1Cl. The van der Waals surface area contributed by atoms with Crippen LogP contribution in [0.25, 0.3) is 11.3 Å². The van der Waals surface area contributed by atoms with Crippen LogP contribution in [0.1, 0.15) is 5.56 Å². The lowest BCUT2D eigenvalue weighted by molar-refractivity contribution is -0.118. The highest BCUT2D eigenvalue weighted by atomic mass is 35.5. The van der Waals surface area contributed by atoms with Crippen molar-refractivity contribution in [3.05, 3.63) is 64.5 Å². The van der Waals surface area contributed by atoms with Gasteiger partial charge in [0, 0.05) is 16.0 Å². The number of carbonyl (C=O) groups excluding carboxylic acids is 1. The quantitative estimate of drug-likeness (QED) is 0.713. The van der Waals surface area contributed by atoms with Crippen LogP contribution >= 0.6 is 22.9 Å². The van der Waals surface area contributed by atoms with E-state index in [2.05, 4.69) is 10.3 Å². The van der Waals surface area contributed by atoms with Crippen molar-refractivity contribution >= 4 is 34.0 Å². The summed E-state index contributed by atoms with van der Waals surface area (Å²) in [4.78, 5) is 16.4. The average molecular weight is 359 g/mol. The molecule has 0 aliphatic heterocycles. The van der Waals surface area contributed by atoms with Crippen LogP contribution in [0.3, 0.4) is 0 Å². The van der Waals surface area contributed by atoms with Gasteiger partial charge in [0.15, 0.2) is 11.7 Å². The molecule has 0 spiro atoms. The highest BCUT2D eigenvalue weighted by Gasteiger charge is 2.09. The summed E-state index contributed by atoms with van der Waals surface area (Å²) in [5, 5.41) is 5.88. The molecule has 0 atom stereocenters. The first-order valence-electron chi connectivity index (χ1n) is 7.31. The van der Waals surface area contributed by atoms with Gasteiger partial charge in [-0.2, -0.15) is 0 Å². The number of anilines is 1. The Morgan fingerprint density at radius 1 is 1.25 bits per heavy atom. The Balaban J connectivity index is 1.57. The second-order valence-electron chi connectivity index (χ2n) is 5.15. The van der Waals surface area contributed by atoms with Crippen LogP contribution in [0.4, 0.5) is 5.13 Å². The maximum Gasteiger partial charge on any atom is 0.264 e. The summed E-state index contributed by atoms with van der Waals surface area (Å²) >= 11 is 7.34. The van der Waals surface area contributed by atoms with Crippen LogP contribution in [0, 0.1) is 6.92 Å². The van der Waals surface area contributed by atoms with Crippen molar-refractivity contribution in [3.8, 4) is 17.0 Å². The van der Waals surface area contributed by atoms with Gasteiger partial charge in [-0.05, 0) is 30.7 Å². The summed E-state index contributed by atoms with van der Waals surface area (Å²) in [5.74, 6) is 0.354. The van der Waals surface area contributed by atoms with Gasteiger partial charge in [0.2, 0.25) is 0 Å². The Kier molecular flexibility index (Phi) is 5.13. The number of nitrogens with one attached hydrogen (secondary N) is 1. The first-order chi connectivity index (χ1) is 11.6. The summed E-state index contributed by atoms with van der Waals surface area (Å²) in [7, 11) is 0. The molecule has 0 saturated heterocycles. The number of nitrogens with zero attached hydrogens (tertiary/aromatic N) is 1. The maximum atomic E-state index is 12.0. The third kappa shape index (κ3) is 4.13. The molecule has 0 unspecified atom stereocenters. The maximum absolute atomic E-state index is 12.0. The monoisotopic (exact) mass is 358 g/mol. The molecule has 1 amide bonds. The molecule has 1 aromatic heterocycles. The summed E-state index contributed by atoms with van der Waals surface area (Å²) in [5.41, 5.74) is 2.76. The molecule has 24 heavy (non-hydrogen) atoms. The predicted octanol–water partition coefficient (Wildman–Crippen LogP) is 4.79. The Labute approximate surface area is 149 Å². The van der Waals surface area contributed by atoms with Crippen molar-refractivity contribution < 1.29 is 9.53 Å². The van der Waals surface area contributed by atoms with E-state index >= 15 is 0 Å². The van der Waals surface area contributed by atoms with Crippen molar-refractivity contribution in [2.24, 2.45) is 0 Å². The number of aromatic nitrogens is 1. The average Bonchev–Trinajstić information content (AvgIpc) is 3.05. The minimum atomic E-state index is -0.253. The second-order valence-corrected chi connectivity index (χ2v) is 6.42. The van der Waals surface area contributed by atoms with Crippen molar-refractivity contribution in [1.29, 1.82) is 0 Å². The van der Waals surface area contributed by atoms with E-state index in [0.717, 1.165) is 16.8 Å². The fraction of sp³-hybridized carbons (Fsp3) is 0.111. The van der Waals surface area contributed by atoms with Gasteiger partial charge in [-0.3, -0.25) is 10.1 Å². The summed E-state index contributed by atoms with van der Waals surface area (Å²) in [6.07, 6.45) is 0. The molecule has 2 aromatic carbocycles. The number of ether oxygens (including phenoxy) is 1. The molecule has 0 fully saturated rings. The van der Waals surface area contributed by atoms with Crippen LogP contribution in [0.5, 0.6) is 5.75 Å². The standard InChI is InChI=1S/C18H15ClN2O2S/c1-12-9-14(7-8-15(12)19)23-10-17(22)21-18-20-16(11-24-18)13-5-3-2-4-6-13/h2-9,11H,10H2,1H3,(H,20,21,22). The van der Waals surface area contributed by atoms with Gasteiger partial charge in [-0.15, -0.1) is 11.3 Å². The highest BCUT2D eigenvalue weighted by molar-refractivity contribution is 7.14. The smallest absolute Gasteiger partial charge is 0.264 e. The zero-order chi connectivity index (χ0) is 16.9. The Bertz CT molecular complexity index is 849. The fourth-order valence-electron chi connectivity index (χ4n) is 2.08. The zero-order valence-corrected chi connectivity index (χ0v) is 14.5. The summed E-state index contributed by atoms with van der Waals surface area (Å²) in [6, 6.07) is 15.1. The first kappa shape index (κ1) is 16.5. The molecule has 0 bridgehead atoms. The molecule has 3 aromatic rings. The number of halogens is 1. The van der Waals surface area contributed by atoms with Crippen LogP contribution in [-0.4, -0.2) is 17.5 Å². The molecule has 122 valence electrons. The number of rotatable bonds is 5. The number of aryl methyl sites for hydroxylation is 1. The van der Waals surface area contributed by atoms with Crippen LogP contribution < -0.4 is 10.1 Å². The molecule has 3 rings (SSSR count). The fourth-order valence-corrected chi connectivity index (χ4v) is 2.94. The minimum Gasteiger partial charge on any atom is -0.484 e. The highest BCUT2D eigenvalue weighted by Crippen LogP contribution is 2.25. The molecule has 0 radical (unpaired) electrons. The molecule has 4 nitrogen and oxygen atoms in total. The Morgan fingerprint density at radius 2 is 2.04 bits per heavy atom. The molecular weight excluding hydrogens is 344 g/mol. The van der Waals surface area contributed by atoms with Gasteiger partial charge in [0.05, 0.1) is 5.69 Å². The second kappa shape index (κ2) is 7.47. The van der Waals surface area contributed by atoms with E-state index in [4.69, 9.17) is 16.3 Å². The van der Waals surface area contributed by atoms with Crippen molar-refractivity contribution in [1.82, 2.24) is 4.98 Å². The number of hydrogen-bond acceptors (Lipinski definition) is 4. The van der Waals surface area contributed by atoms with Crippen molar-refractivity contribution in [2.75, 3.05) is 11.9 Å². The van der Waals surface area contributed by atoms with Crippen LogP contribution in [-0.2, 0) is 4.79 Å². The zero-order valence-electron chi connectivity index (χ0n) is 13.0. The Hall–Kier alpha value is -2.37. The lowest BCUT2D eigenvalue weighted by Crippen LogP contribution is -2.20. The van der Waals surface area contributed by atoms with Crippen LogP contribution in [0.15, 0.2) is 53.9 Å². The molecule has 0 saturated carbocycles. The Morgan fingerprint density at radius 3 is 2.79 bits per heavy atom. The lowest BCUT2D eigenvalue weighted by Gasteiger charge is -2.07. The lowest BCUT2D eigenvalue weighted by atomic mass is 10.2. The molecule has 6 heteroatoms. The number of carbonyl (C=O) groups is 1. The third-order valence-electron chi connectivity index (χ3n) is 3.32. The number of amides is 1. The molecule has 0 aliphatic carbocycles. The summed E-state index contributed by atoms with van der Waals surface area (Å²) < 4.78 is 5.47. The number of thiazole rings is 1. The molecule has 1 N–H and O–H groups in total. The molecule has 1 heterocycles. The minimum absolute atomic E-state index is 0.0820. The molecular formula is C18H15ClN2O2S.